The third kappa shape index (κ3) is 4.47. The number of aliphatic hydroxyl groups is 1. The molecule has 1 amide bonds. The second kappa shape index (κ2) is 6.83. The molecular weight excluding hydrogens is 208 g/mol. The average molecular weight is 230 g/mol. The Kier molecular flexibility index (Phi) is 5.73. The molecule has 2 atom stereocenters. The lowest BCUT2D eigenvalue weighted by molar-refractivity contribution is -0.142. The van der Waals surface area contributed by atoms with Gasteiger partial charge in [-0.05, 0) is 32.7 Å². The summed E-state index contributed by atoms with van der Waals surface area (Å²) in [5.74, 6) is -0.382. The summed E-state index contributed by atoms with van der Waals surface area (Å²) in [6, 6.07) is 0. The molecule has 0 radical (unpaired) electrons. The highest BCUT2D eigenvalue weighted by molar-refractivity contribution is 5.79. The second-order valence-corrected chi connectivity index (χ2v) is 4.38. The Morgan fingerprint density at radius 3 is 2.81 bits per heavy atom. The van der Waals surface area contributed by atoms with E-state index in [-0.39, 0.29) is 18.6 Å². The molecule has 0 bridgehead atoms. The maximum Gasteiger partial charge on any atom is 0.247 e. The fourth-order valence-corrected chi connectivity index (χ4v) is 2.00. The van der Waals surface area contributed by atoms with Gasteiger partial charge < -0.3 is 15.6 Å². The smallest absolute Gasteiger partial charge is 0.247 e. The van der Waals surface area contributed by atoms with Crippen molar-refractivity contribution in [2.24, 2.45) is 5.73 Å². The highest BCUT2D eigenvalue weighted by atomic mass is 16.5. The summed E-state index contributed by atoms with van der Waals surface area (Å²) in [5.41, 5.74) is 5.24. The Morgan fingerprint density at radius 2 is 2.19 bits per heavy atom. The summed E-state index contributed by atoms with van der Waals surface area (Å²) >= 11 is 0. The van der Waals surface area contributed by atoms with E-state index in [1.54, 1.807) is 0 Å². The van der Waals surface area contributed by atoms with Gasteiger partial charge in [0, 0.05) is 19.7 Å². The highest BCUT2D eigenvalue weighted by Crippen LogP contribution is 2.11. The standard InChI is InChI=1S/C11H22N2O3/c1-9-7-13(5-3-2-4-6-14)8-10(16-9)11(12)15/h9-10,14H,2-8H2,1H3,(H2,12,15)/t9-,10?/m1/s1. The maximum absolute atomic E-state index is 11.1. The number of rotatable bonds is 6. The number of ether oxygens (including phenoxy) is 1. The first-order chi connectivity index (χ1) is 7.63. The van der Waals surface area contributed by atoms with Gasteiger partial charge in [-0.2, -0.15) is 0 Å². The third-order valence-electron chi connectivity index (χ3n) is 2.79. The van der Waals surface area contributed by atoms with E-state index in [4.69, 9.17) is 15.6 Å². The molecule has 1 aliphatic rings. The van der Waals surface area contributed by atoms with Gasteiger partial charge in [0.05, 0.1) is 6.10 Å². The van der Waals surface area contributed by atoms with Gasteiger partial charge in [0.25, 0.3) is 0 Å². The van der Waals surface area contributed by atoms with Crippen LogP contribution in [0.2, 0.25) is 0 Å². The van der Waals surface area contributed by atoms with Crippen LogP contribution >= 0.6 is 0 Å². The molecule has 0 aromatic carbocycles. The number of nitrogens with two attached hydrogens (primary N) is 1. The van der Waals surface area contributed by atoms with Crippen LogP contribution in [0.3, 0.4) is 0 Å². The predicted octanol–water partition coefficient (Wildman–Crippen LogP) is -0.276. The summed E-state index contributed by atoms with van der Waals surface area (Å²) in [5, 5.41) is 8.67. The average Bonchev–Trinajstić information content (AvgIpc) is 2.23. The van der Waals surface area contributed by atoms with Crippen molar-refractivity contribution in [1.82, 2.24) is 4.90 Å². The Balaban J connectivity index is 2.27. The van der Waals surface area contributed by atoms with Crippen LogP contribution in [0, 0.1) is 0 Å². The van der Waals surface area contributed by atoms with Crippen molar-refractivity contribution in [3.8, 4) is 0 Å². The van der Waals surface area contributed by atoms with Crippen LogP contribution in [-0.4, -0.2) is 54.4 Å². The molecule has 94 valence electrons. The number of amides is 1. The molecule has 1 heterocycles. The number of morpholine rings is 1. The van der Waals surface area contributed by atoms with Crippen LogP contribution in [0.1, 0.15) is 26.2 Å². The van der Waals surface area contributed by atoms with Gasteiger partial charge in [0.15, 0.2) is 0 Å². The topological polar surface area (TPSA) is 75.8 Å². The molecule has 3 N–H and O–H groups in total. The van der Waals surface area contributed by atoms with Crippen molar-refractivity contribution < 1.29 is 14.6 Å². The zero-order valence-corrected chi connectivity index (χ0v) is 9.89. The molecule has 5 heteroatoms. The molecule has 0 saturated carbocycles. The number of hydrogen-bond acceptors (Lipinski definition) is 4. The van der Waals surface area contributed by atoms with Crippen molar-refractivity contribution in [2.45, 2.75) is 38.4 Å². The number of carbonyl (C=O) groups is 1. The van der Waals surface area contributed by atoms with Gasteiger partial charge in [0.1, 0.15) is 6.10 Å². The van der Waals surface area contributed by atoms with E-state index in [2.05, 4.69) is 4.90 Å². The lowest BCUT2D eigenvalue weighted by Gasteiger charge is -2.35. The third-order valence-corrected chi connectivity index (χ3v) is 2.79. The minimum Gasteiger partial charge on any atom is -0.396 e. The quantitative estimate of drug-likeness (QED) is 0.616. The number of aliphatic hydroxyl groups excluding tert-OH is 1. The van der Waals surface area contributed by atoms with Gasteiger partial charge in [-0.25, -0.2) is 0 Å². The number of nitrogens with zero attached hydrogens (tertiary/aromatic N) is 1. The molecule has 0 aliphatic carbocycles. The van der Waals surface area contributed by atoms with Crippen LogP contribution < -0.4 is 5.73 Å². The minimum absolute atomic E-state index is 0.0593. The van der Waals surface area contributed by atoms with Crippen LogP contribution in [0.15, 0.2) is 0 Å². The van der Waals surface area contributed by atoms with E-state index in [0.717, 1.165) is 32.4 Å². The van der Waals surface area contributed by atoms with E-state index < -0.39 is 6.10 Å². The molecule has 1 fully saturated rings. The van der Waals surface area contributed by atoms with Gasteiger partial charge >= 0.3 is 0 Å². The molecule has 5 nitrogen and oxygen atoms in total. The van der Waals surface area contributed by atoms with Crippen molar-refractivity contribution >= 4 is 5.91 Å². The first-order valence-electron chi connectivity index (χ1n) is 5.91. The Morgan fingerprint density at radius 1 is 1.44 bits per heavy atom. The van der Waals surface area contributed by atoms with E-state index >= 15 is 0 Å². The predicted molar refractivity (Wildman–Crippen MR) is 60.9 cm³/mol. The Hall–Kier alpha value is -0.650. The molecule has 16 heavy (non-hydrogen) atoms. The van der Waals surface area contributed by atoms with Crippen molar-refractivity contribution in [2.75, 3.05) is 26.2 Å². The fraction of sp³-hybridized carbons (Fsp3) is 0.909. The summed E-state index contributed by atoms with van der Waals surface area (Å²) in [4.78, 5) is 13.3. The summed E-state index contributed by atoms with van der Waals surface area (Å²) in [6.45, 7) is 4.60. The van der Waals surface area contributed by atoms with Crippen molar-refractivity contribution in [3.05, 3.63) is 0 Å². The summed E-state index contributed by atoms with van der Waals surface area (Å²) < 4.78 is 5.45. The van der Waals surface area contributed by atoms with Crippen LogP contribution in [0.25, 0.3) is 0 Å². The zero-order valence-electron chi connectivity index (χ0n) is 9.89. The van der Waals surface area contributed by atoms with Crippen LogP contribution in [0.4, 0.5) is 0 Å². The normalized spacial score (nSPS) is 26.9. The Bertz CT molecular complexity index is 223. The van der Waals surface area contributed by atoms with Crippen molar-refractivity contribution in [1.29, 1.82) is 0 Å². The summed E-state index contributed by atoms with van der Waals surface area (Å²) in [6.07, 6.45) is 2.49. The van der Waals surface area contributed by atoms with E-state index in [1.807, 2.05) is 6.92 Å². The van der Waals surface area contributed by atoms with Crippen LogP contribution in [0.5, 0.6) is 0 Å². The molecule has 1 aliphatic heterocycles. The first-order valence-corrected chi connectivity index (χ1v) is 5.91. The van der Waals surface area contributed by atoms with Gasteiger partial charge in [0.2, 0.25) is 5.91 Å². The van der Waals surface area contributed by atoms with Crippen molar-refractivity contribution in [3.63, 3.8) is 0 Å². The van der Waals surface area contributed by atoms with Gasteiger partial charge in [-0.15, -0.1) is 0 Å². The van der Waals surface area contributed by atoms with Gasteiger partial charge in [-0.1, -0.05) is 0 Å². The maximum atomic E-state index is 11.1. The number of unbranched alkanes of at least 4 members (excludes halogenated alkanes) is 2. The molecule has 0 aromatic rings. The van der Waals surface area contributed by atoms with Crippen LogP contribution in [-0.2, 0) is 9.53 Å². The van der Waals surface area contributed by atoms with E-state index in [9.17, 15) is 4.79 Å². The van der Waals surface area contributed by atoms with Gasteiger partial charge in [-0.3, -0.25) is 9.69 Å². The minimum atomic E-state index is -0.471. The Labute approximate surface area is 96.6 Å². The molecule has 0 aromatic heterocycles. The zero-order chi connectivity index (χ0) is 12.0. The highest BCUT2D eigenvalue weighted by Gasteiger charge is 2.28. The second-order valence-electron chi connectivity index (χ2n) is 4.38. The summed E-state index contributed by atoms with van der Waals surface area (Å²) in [7, 11) is 0. The lowest BCUT2D eigenvalue weighted by atomic mass is 10.2. The van der Waals surface area contributed by atoms with E-state index in [1.165, 1.54) is 0 Å². The molecular formula is C11H22N2O3. The first kappa shape index (κ1) is 13.4. The number of hydrogen-bond donors (Lipinski definition) is 2. The largest absolute Gasteiger partial charge is 0.396 e. The SMILES string of the molecule is C[C@@H]1CN(CCCCCO)CC(C(N)=O)O1. The monoisotopic (exact) mass is 230 g/mol. The number of carbonyl (C=O) groups excluding carboxylic acids is 1. The number of primary amides is 1. The lowest BCUT2D eigenvalue weighted by Crippen LogP contribution is -2.51. The molecule has 0 spiro atoms. The molecule has 1 rings (SSSR count). The molecule has 1 saturated heterocycles. The fourth-order valence-electron chi connectivity index (χ4n) is 2.00. The van der Waals surface area contributed by atoms with E-state index in [0.29, 0.717) is 6.54 Å². The molecule has 1 unspecified atom stereocenters.